The Morgan fingerprint density at radius 2 is 2.18 bits per heavy atom. The van der Waals surface area contributed by atoms with Gasteiger partial charge in [-0.3, -0.25) is 0 Å². The number of hydrogen-bond donors (Lipinski definition) is 1. The van der Waals surface area contributed by atoms with E-state index in [2.05, 4.69) is 41.9 Å². The molecule has 0 aliphatic heterocycles. The third-order valence-corrected chi connectivity index (χ3v) is 2.76. The van der Waals surface area contributed by atoms with Gasteiger partial charge in [0.25, 0.3) is 0 Å². The summed E-state index contributed by atoms with van der Waals surface area (Å²) in [5.74, 6) is 1.53. The molecule has 0 aliphatic carbocycles. The maximum Gasteiger partial charge on any atom is 0.213 e. The standard InChI is InChI=1S/C14H15NOS/c1-16-14-8-6-12-10-11(4-2-3-9-17)5-7-13(12)15-14/h2,4-8,10,17H,3,9H2,1H3. The van der Waals surface area contributed by atoms with E-state index in [4.69, 9.17) is 4.74 Å². The average molecular weight is 245 g/mol. The molecule has 0 radical (unpaired) electrons. The van der Waals surface area contributed by atoms with E-state index in [1.165, 1.54) is 5.56 Å². The van der Waals surface area contributed by atoms with Crippen LogP contribution in [0.4, 0.5) is 0 Å². The lowest BCUT2D eigenvalue weighted by molar-refractivity contribution is 0.399. The Labute approximate surface area is 107 Å². The van der Waals surface area contributed by atoms with E-state index < -0.39 is 0 Å². The van der Waals surface area contributed by atoms with Crippen LogP contribution in [-0.2, 0) is 0 Å². The van der Waals surface area contributed by atoms with Crippen LogP contribution >= 0.6 is 12.6 Å². The number of ether oxygens (including phenoxy) is 1. The number of aromatic nitrogens is 1. The number of fused-ring (bicyclic) bond motifs is 1. The summed E-state index contributed by atoms with van der Waals surface area (Å²) in [5, 5.41) is 1.12. The van der Waals surface area contributed by atoms with E-state index in [0.717, 1.165) is 23.1 Å². The van der Waals surface area contributed by atoms with Gasteiger partial charge >= 0.3 is 0 Å². The summed E-state index contributed by atoms with van der Waals surface area (Å²) >= 11 is 4.17. The van der Waals surface area contributed by atoms with E-state index in [0.29, 0.717) is 5.88 Å². The van der Waals surface area contributed by atoms with E-state index in [9.17, 15) is 0 Å². The van der Waals surface area contributed by atoms with Gasteiger partial charge in [-0.15, -0.1) is 0 Å². The fourth-order valence-corrected chi connectivity index (χ4v) is 1.79. The third kappa shape index (κ3) is 3.01. The first-order chi connectivity index (χ1) is 8.33. The van der Waals surface area contributed by atoms with Crippen LogP contribution in [-0.4, -0.2) is 17.8 Å². The molecule has 17 heavy (non-hydrogen) atoms. The van der Waals surface area contributed by atoms with Gasteiger partial charge in [-0.2, -0.15) is 12.6 Å². The molecule has 0 atom stereocenters. The van der Waals surface area contributed by atoms with Crippen molar-refractivity contribution in [2.75, 3.05) is 12.9 Å². The Hall–Kier alpha value is -1.48. The van der Waals surface area contributed by atoms with Crippen molar-refractivity contribution in [3.8, 4) is 5.88 Å². The summed E-state index contributed by atoms with van der Waals surface area (Å²) in [6.45, 7) is 0. The second kappa shape index (κ2) is 5.73. The van der Waals surface area contributed by atoms with Crippen molar-refractivity contribution in [1.29, 1.82) is 0 Å². The minimum absolute atomic E-state index is 0.649. The quantitative estimate of drug-likeness (QED) is 0.832. The highest BCUT2D eigenvalue weighted by atomic mass is 32.1. The second-order valence-electron chi connectivity index (χ2n) is 3.72. The number of rotatable bonds is 4. The molecule has 0 N–H and O–H groups in total. The van der Waals surface area contributed by atoms with E-state index >= 15 is 0 Å². The predicted molar refractivity (Wildman–Crippen MR) is 75.8 cm³/mol. The van der Waals surface area contributed by atoms with E-state index in [-0.39, 0.29) is 0 Å². The highest BCUT2D eigenvalue weighted by Crippen LogP contribution is 2.18. The lowest BCUT2D eigenvalue weighted by Gasteiger charge is -2.02. The van der Waals surface area contributed by atoms with Crippen LogP contribution in [0, 0.1) is 0 Å². The maximum atomic E-state index is 5.10. The minimum Gasteiger partial charge on any atom is -0.481 e. The first-order valence-corrected chi connectivity index (χ1v) is 6.19. The number of methoxy groups -OCH3 is 1. The molecule has 0 unspecified atom stereocenters. The lowest BCUT2D eigenvalue weighted by atomic mass is 10.1. The van der Waals surface area contributed by atoms with Crippen LogP contribution in [0.25, 0.3) is 17.0 Å². The van der Waals surface area contributed by atoms with Gasteiger partial charge in [-0.25, -0.2) is 4.98 Å². The minimum atomic E-state index is 0.649. The van der Waals surface area contributed by atoms with Crippen molar-refractivity contribution in [3.63, 3.8) is 0 Å². The second-order valence-corrected chi connectivity index (χ2v) is 4.17. The van der Waals surface area contributed by atoms with Gasteiger partial charge in [0.05, 0.1) is 12.6 Å². The lowest BCUT2D eigenvalue weighted by Crippen LogP contribution is -1.87. The molecule has 2 rings (SSSR count). The fourth-order valence-electron chi connectivity index (χ4n) is 1.64. The van der Waals surface area contributed by atoms with Crippen molar-refractivity contribution in [2.45, 2.75) is 6.42 Å². The smallest absolute Gasteiger partial charge is 0.213 e. The normalized spacial score (nSPS) is 11.2. The molecule has 0 spiro atoms. The monoisotopic (exact) mass is 245 g/mol. The Morgan fingerprint density at radius 3 is 2.94 bits per heavy atom. The molecule has 1 aromatic carbocycles. The van der Waals surface area contributed by atoms with E-state index in [1.807, 2.05) is 18.2 Å². The van der Waals surface area contributed by atoms with Crippen LogP contribution < -0.4 is 4.74 Å². The molecule has 0 aliphatic rings. The molecule has 2 nitrogen and oxygen atoms in total. The molecule has 0 saturated heterocycles. The van der Waals surface area contributed by atoms with Gasteiger partial charge in [-0.05, 0) is 35.9 Å². The molecule has 0 fully saturated rings. The molecular weight excluding hydrogens is 230 g/mol. The molecule has 0 amide bonds. The van der Waals surface area contributed by atoms with Gasteiger partial charge in [0.15, 0.2) is 0 Å². The topological polar surface area (TPSA) is 22.1 Å². The average Bonchev–Trinajstić information content (AvgIpc) is 2.38. The van der Waals surface area contributed by atoms with Crippen molar-refractivity contribution >= 4 is 29.6 Å². The summed E-state index contributed by atoms with van der Waals surface area (Å²) in [6.07, 6.45) is 5.23. The Balaban J connectivity index is 2.31. The molecule has 88 valence electrons. The number of benzene rings is 1. The summed E-state index contributed by atoms with van der Waals surface area (Å²) in [6, 6.07) is 10.1. The first kappa shape index (κ1) is 12.0. The molecule has 0 saturated carbocycles. The number of allylic oxidation sites excluding steroid dienone is 1. The van der Waals surface area contributed by atoms with Gasteiger partial charge in [-0.1, -0.05) is 18.2 Å². The molecule has 0 bridgehead atoms. The van der Waals surface area contributed by atoms with Gasteiger partial charge in [0.1, 0.15) is 0 Å². The zero-order valence-corrected chi connectivity index (χ0v) is 10.7. The number of hydrogen-bond acceptors (Lipinski definition) is 3. The van der Waals surface area contributed by atoms with Crippen molar-refractivity contribution in [3.05, 3.63) is 42.0 Å². The van der Waals surface area contributed by atoms with Crippen LogP contribution in [0.2, 0.25) is 0 Å². The Kier molecular flexibility index (Phi) is 4.04. The van der Waals surface area contributed by atoms with Crippen molar-refractivity contribution in [1.82, 2.24) is 4.98 Å². The van der Waals surface area contributed by atoms with E-state index in [1.54, 1.807) is 7.11 Å². The number of pyridine rings is 1. The van der Waals surface area contributed by atoms with Crippen LogP contribution in [0.3, 0.4) is 0 Å². The molecule has 1 heterocycles. The summed E-state index contributed by atoms with van der Waals surface area (Å²) < 4.78 is 5.10. The van der Waals surface area contributed by atoms with Crippen molar-refractivity contribution < 1.29 is 4.74 Å². The van der Waals surface area contributed by atoms with Gasteiger partial charge < -0.3 is 4.74 Å². The highest BCUT2D eigenvalue weighted by Gasteiger charge is 1.98. The maximum absolute atomic E-state index is 5.10. The van der Waals surface area contributed by atoms with Crippen LogP contribution in [0.15, 0.2) is 36.4 Å². The zero-order chi connectivity index (χ0) is 12.1. The zero-order valence-electron chi connectivity index (χ0n) is 9.76. The fraction of sp³-hybridized carbons (Fsp3) is 0.214. The predicted octanol–water partition coefficient (Wildman–Crippen LogP) is 3.58. The molecule has 3 heteroatoms. The van der Waals surface area contributed by atoms with Crippen molar-refractivity contribution in [2.24, 2.45) is 0 Å². The molecule has 2 aromatic rings. The summed E-state index contributed by atoms with van der Waals surface area (Å²) in [7, 11) is 1.63. The Morgan fingerprint density at radius 1 is 1.29 bits per heavy atom. The summed E-state index contributed by atoms with van der Waals surface area (Å²) in [5.41, 5.74) is 2.14. The number of thiol groups is 1. The van der Waals surface area contributed by atoms with Crippen LogP contribution in [0.1, 0.15) is 12.0 Å². The SMILES string of the molecule is COc1ccc2cc(C=CCCS)ccc2n1. The Bertz CT molecular complexity index is 537. The summed E-state index contributed by atoms with van der Waals surface area (Å²) in [4.78, 5) is 4.37. The van der Waals surface area contributed by atoms with Gasteiger partial charge in [0.2, 0.25) is 5.88 Å². The highest BCUT2D eigenvalue weighted by molar-refractivity contribution is 7.80. The third-order valence-electron chi connectivity index (χ3n) is 2.50. The van der Waals surface area contributed by atoms with Gasteiger partial charge in [0, 0.05) is 11.5 Å². The molecule has 1 aromatic heterocycles. The first-order valence-electron chi connectivity index (χ1n) is 5.55. The largest absolute Gasteiger partial charge is 0.481 e. The van der Waals surface area contributed by atoms with Crippen LogP contribution in [0.5, 0.6) is 5.88 Å². The molecular formula is C14H15NOS. The number of nitrogens with zero attached hydrogens (tertiary/aromatic N) is 1.